The number of unbranched alkanes of at least 4 members (excludes halogenated alkanes) is 6. The number of hydrogen-bond donors (Lipinski definition) is 0. The lowest BCUT2D eigenvalue weighted by atomic mass is 9.99. The minimum Gasteiger partial charge on any atom is -0.0955 e. The van der Waals surface area contributed by atoms with E-state index in [1.54, 1.807) is 0 Å². The maximum Gasteiger partial charge on any atom is -0.0184 e. The second-order valence-electron chi connectivity index (χ2n) is 6.93. The van der Waals surface area contributed by atoms with Crippen molar-refractivity contribution < 1.29 is 0 Å². The summed E-state index contributed by atoms with van der Waals surface area (Å²) in [7, 11) is 0. The molecule has 0 atom stereocenters. The van der Waals surface area contributed by atoms with Crippen LogP contribution in [0.2, 0.25) is 0 Å². The third-order valence-corrected chi connectivity index (χ3v) is 4.73. The van der Waals surface area contributed by atoms with Crippen LogP contribution in [0.15, 0.2) is 55.1 Å². The summed E-state index contributed by atoms with van der Waals surface area (Å²) in [5.74, 6) is 0. The Labute approximate surface area is 148 Å². The Morgan fingerprint density at radius 3 is 1.75 bits per heavy atom. The fourth-order valence-corrected chi connectivity index (χ4v) is 3.10. The molecule has 2 aromatic carbocycles. The number of benzene rings is 2. The molecule has 0 radical (unpaired) electrons. The first-order valence-corrected chi connectivity index (χ1v) is 9.56. The molecule has 0 nitrogen and oxygen atoms in total. The molecule has 0 saturated carbocycles. The summed E-state index contributed by atoms with van der Waals surface area (Å²) >= 11 is 0. The zero-order valence-corrected chi connectivity index (χ0v) is 15.5. The van der Waals surface area contributed by atoms with E-state index in [1.807, 2.05) is 6.92 Å². The molecule has 0 aliphatic rings. The third-order valence-electron chi connectivity index (χ3n) is 4.73. The molecule has 0 amide bonds. The molecule has 2 rings (SSSR count). The highest BCUT2D eigenvalue weighted by Crippen LogP contribution is 2.23. The van der Waals surface area contributed by atoms with Crippen molar-refractivity contribution >= 4 is 5.57 Å². The Hall–Kier alpha value is -1.82. The number of aryl methyl sites for hydroxylation is 1. The molecule has 0 saturated heterocycles. The van der Waals surface area contributed by atoms with Gasteiger partial charge in [-0.2, -0.15) is 0 Å². The molecule has 0 fully saturated rings. The minimum atomic E-state index is 1.12. The highest BCUT2D eigenvalue weighted by molar-refractivity contribution is 5.68. The molecule has 0 aromatic heterocycles. The molecule has 0 aliphatic carbocycles. The van der Waals surface area contributed by atoms with Gasteiger partial charge < -0.3 is 0 Å². The van der Waals surface area contributed by atoms with E-state index in [9.17, 15) is 0 Å². The van der Waals surface area contributed by atoms with Gasteiger partial charge in [0.2, 0.25) is 0 Å². The van der Waals surface area contributed by atoms with Gasteiger partial charge in [0, 0.05) is 0 Å². The summed E-state index contributed by atoms with van der Waals surface area (Å²) in [4.78, 5) is 0. The first-order chi connectivity index (χ1) is 11.7. The average molecular weight is 321 g/mol. The quantitative estimate of drug-likeness (QED) is 0.394. The maximum atomic E-state index is 4.00. The van der Waals surface area contributed by atoms with E-state index in [1.165, 1.54) is 73.6 Å². The highest BCUT2D eigenvalue weighted by Gasteiger charge is 2.00. The predicted octanol–water partition coefficient (Wildman–Crippen LogP) is 7.68. The van der Waals surface area contributed by atoms with Gasteiger partial charge in [0.15, 0.2) is 0 Å². The zero-order chi connectivity index (χ0) is 17.2. The van der Waals surface area contributed by atoms with Crippen molar-refractivity contribution in [3.8, 4) is 11.1 Å². The molecular formula is C24H32. The summed E-state index contributed by atoms with van der Waals surface area (Å²) in [5, 5.41) is 0. The normalized spacial score (nSPS) is 10.8. The maximum absolute atomic E-state index is 4.00. The monoisotopic (exact) mass is 320 g/mol. The van der Waals surface area contributed by atoms with Crippen molar-refractivity contribution in [3.63, 3.8) is 0 Å². The number of rotatable bonds is 10. The summed E-state index contributed by atoms with van der Waals surface area (Å²) in [6, 6.07) is 17.8. The van der Waals surface area contributed by atoms with Gasteiger partial charge in [-0.05, 0) is 42.0 Å². The van der Waals surface area contributed by atoms with E-state index in [-0.39, 0.29) is 0 Å². The van der Waals surface area contributed by atoms with Crippen LogP contribution in [-0.4, -0.2) is 0 Å². The smallest absolute Gasteiger partial charge is 0.0184 e. The van der Waals surface area contributed by atoms with E-state index in [0.717, 1.165) is 5.57 Å². The van der Waals surface area contributed by atoms with E-state index in [4.69, 9.17) is 0 Å². The highest BCUT2D eigenvalue weighted by atomic mass is 14.1. The fraction of sp³-hybridized carbons (Fsp3) is 0.417. The van der Waals surface area contributed by atoms with E-state index in [2.05, 4.69) is 62.0 Å². The lowest BCUT2D eigenvalue weighted by molar-refractivity contribution is 0.589. The van der Waals surface area contributed by atoms with Crippen LogP contribution >= 0.6 is 0 Å². The molecule has 2 aromatic rings. The Morgan fingerprint density at radius 2 is 1.21 bits per heavy atom. The van der Waals surface area contributed by atoms with Crippen molar-refractivity contribution in [2.24, 2.45) is 0 Å². The lowest BCUT2D eigenvalue weighted by Crippen LogP contribution is -1.87. The van der Waals surface area contributed by atoms with Crippen molar-refractivity contribution in [2.75, 3.05) is 0 Å². The molecule has 128 valence electrons. The Bertz CT molecular complexity index is 601. The summed E-state index contributed by atoms with van der Waals surface area (Å²) in [6.45, 7) is 8.32. The van der Waals surface area contributed by atoms with Crippen LogP contribution in [0.3, 0.4) is 0 Å². The fourth-order valence-electron chi connectivity index (χ4n) is 3.10. The van der Waals surface area contributed by atoms with Gasteiger partial charge in [-0.25, -0.2) is 0 Å². The largest absolute Gasteiger partial charge is 0.0955 e. The Balaban J connectivity index is 1.79. The molecule has 0 bridgehead atoms. The second kappa shape index (κ2) is 10.1. The Morgan fingerprint density at radius 1 is 0.708 bits per heavy atom. The van der Waals surface area contributed by atoms with Gasteiger partial charge in [-0.1, -0.05) is 106 Å². The van der Waals surface area contributed by atoms with Gasteiger partial charge in [-0.15, -0.1) is 0 Å². The van der Waals surface area contributed by atoms with Gasteiger partial charge in [-0.3, -0.25) is 0 Å². The molecule has 0 aliphatic heterocycles. The van der Waals surface area contributed by atoms with Crippen molar-refractivity contribution in [3.05, 3.63) is 66.2 Å². The third kappa shape index (κ3) is 6.00. The van der Waals surface area contributed by atoms with Crippen LogP contribution in [0.4, 0.5) is 0 Å². The second-order valence-corrected chi connectivity index (χ2v) is 6.93. The summed E-state index contributed by atoms with van der Waals surface area (Å²) in [5.41, 5.74) is 6.38. The van der Waals surface area contributed by atoms with Gasteiger partial charge in [0.1, 0.15) is 0 Å². The van der Waals surface area contributed by atoms with E-state index in [0.29, 0.717) is 0 Å². The van der Waals surface area contributed by atoms with Crippen LogP contribution < -0.4 is 0 Å². The topological polar surface area (TPSA) is 0 Å². The zero-order valence-electron chi connectivity index (χ0n) is 15.5. The molecule has 0 spiro atoms. The number of hydrogen-bond acceptors (Lipinski definition) is 0. The molecule has 0 unspecified atom stereocenters. The predicted molar refractivity (Wildman–Crippen MR) is 108 cm³/mol. The first kappa shape index (κ1) is 18.5. The van der Waals surface area contributed by atoms with Crippen LogP contribution in [0.25, 0.3) is 16.7 Å². The van der Waals surface area contributed by atoms with Gasteiger partial charge in [0.25, 0.3) is 0 Å². The van der Waals surface area contributed by atoms with Crippen molar-refractivity contribution in [1.82, 2.24) is 0 Å². The van der Waals surface area contributed by atoms with E-state index < -0.39 is 0 Å². The van der Waals surface area contributed by atoms with Crippen LogP contribution in [0.5, 0.6) is 0 Å². The SMILES string of the molecule is C=C(C)c1ccc(-c2ccc(CCCCCCCCC)cc2)cc1. The van der Waals surface area contributed by atoms with Crippen LogP contribution in [0.1, 0.15) is 69.9 Å². The minimum absolute atomic E-state index is 1.12. The molecule has 24 heavy (non-hydrogen) atoms. The number of allylic oxidation sites excluding steroid dienone is 1. The van der Waals surface area contributed by atoms with Gasteiger partial charge in [0.05, 0.1) is 0 Å². The standard InChI is InChI=1S/C24H32/c1-4-5-6-7-8-9-10-11-21-12-14-23(15-13-21)24-18-16-22(17-19-24)20(2)3/h12-19H,2,4-11H2,1,3H3. The lowest BCUT2D eigenvalue weighted by Gasteiger charge is -2.06. The van der Waals surface area contributed by atoms with Crippen LogP contribution in [0, 0.1) is 0 Å². The van der Waals surface area contributed by atoms with Crippen molar-refractivity contribution in [1.29, 1.82) is 0 Å². The molecule has 0 heteroatoms. The summed E-state index contributed by atoms with van der Waals surface area (Å²) in [6.07, 6.45) is 10.8. The van der Waals surface area contributed by atoms with Crippen molar-refractivity contribution in [2.45, 2.75) is 65.2 Å². The molecule has 0 heterocycles. The molecular weight excluding hydrogens is 288 g/mol. The summed E-state index contributed by atoms with van der Waals surface area (Å²) < 4.78 is 0. The van der Waals surface area contributed by atoms with Crippen LogP contribution in [-0.2, 0) is 6.42 Å². The van der Waals surface area contributed by atoms with E-state index >= 15 is 0 Å². The first-order valence-electron chi connectivity index (χ1n) is 9.56. The molecule has 0 N–H and O–H groups in total. The average Bonchev–Trinajstić information content (AvgIpc) is 2.61. The van der Waals surface area contributed by atoms with Gasteiger partial charge >= 0.3 is 0 Å². The Kier molecular flexibility index (Phi) is 7.82.